The maximum absolute atomic E-state index is 12.6. The van der Waals surface area contributed by atoms with Crippen molar-refractivity contribution in [3.05, 3.63) is 23.8 Å². The fraction of sp³-hybridized carbons (Fsp3) is 0.750. The lowest BCUT2D eigenvalue weighted by atomic mass is 9.78. The summed E-state index contributed by atoms with van der Waals surface area (Å²) in [5.41, 5.74) is 1.58. The molecule has 2 rings (SSSR count). The van der Waals surface area contributed by atoms with Crippen LogP contribution in [0.25, 0.3) is 0 Å². The zero-order valence-corrected chi connectivity index (χ0v) is 17.4. The second kappa shape index (κ2) is 8.65. The van der Waals surface area contributed by atoms with Crippen LogP contribution in [0.3, 0.4) is 0 Å². The van der Waals surface area contributed by atoms with Crippen LogP contribution in [0.4, 0.5) is 0 Å². The zero-order chi connectivity index (χ0) is 18.6. The molecule has 0 saturated heterocycles. The van der Waals surface area contributed by atoms with Gasteiger partial charge in [0.25, 0.3) is 0 Å². The van der Waals surface area contributed by atoms with Crippen LogP contribution < -0.4 is 0 Å². The Bertz CT molecular complexity index is 524. The maximum atomic E-state index is 12.6. The molecule has 0 radical (unpaired) electrons. The average Bonchev–Trinajstić information content (AvgIpc) is 2.57. The molecule has 25 heavy (non-hydrogen) atoms. The van der Waals surface area contributed by atoms with Gasteiger partial charge in [-0.15, -0.1) is 0 Å². The van der Waals surface area contributed by atoms with Gasteiger partial charge in [-0.1, -0.05) is 39.0 Å². The minimum atomic E-state index is -1.84. The minimum Gasteiger partial charge on any atom is -0.461 e. The first-order chi connectivity index (χ1) is 11.7. The van der Waals surface area contributed by atoms with Gasteiger partial charge in [0.15, 0.2) is 14.4 Å². The topological polar surface area (TPSA) is 58.4 Å². The monoisotopic (exact) mass is 367 g/mol. The van der Waals surface area contributed by atoms with Gasteiger partial charge in [-0.2, -0.15) is 0 Å². The number of carbonyl (C=O) groups is 1. The van der Waals surface area contributed by atoms with Gasteiger partial charge in [0, 0.05) is 5.92 Å². The number of hydrogen-bond donors (Lipinski definition) is 0. The van der Waals surface area contributed by atoms with E-state index in [9.17, 15) is 4.79 Å². The van der Waals surface area contributed by atoms with Crippen molar-refractivity contribution in [2.45, 2.75) is 77.3 Å². The van der Waals surface area contributed by atoms with Crippen LogP contribution >= 0.6 is 0 Å². The first-order valence-electron chi connectivity index (χ1n) is 9.62. The zero-order valence-electron chi connectivity index (χ0n) is 16.4. The van der Waals surface area contributed by atoms with E-state index in [1.54, 1.807) is 0 Å². The molecular weight excluding hydrogens is 332 g/mol. The highest BCUT2D eigenvalue weighted by Gasteiger charge is 2.44. The Balaban J connectivity index is 1.95. The van der Waals surface area contributed by atoms with E-state index >= 15 is 0 Å². The van der Waals surface area contributed by atoms with Gasteiger partial charge in [-0.05, 0) is 49.9 Å². The van der Waals surface area contributed by atoms with Crippen molar-refractivity contribution >= 4 is 14.3 Å². The van der Waals surface area contributed by atoms with Crippen molar-refractivity contribution in [1.29, 1.82) is 0 Å². The SMILES string of the molecule is CC1CC(C(=O)OCC2=CCCC=C2)CC(O[Si](C)(C)C(C)C)C1[OH2+]. The summed E-state index contributed by atoms with van der Waals surface area (Å²) in [6.45, 7) is 11.2. The largest absolute Gasteiger partial charge is 0.461 e. The lowest BCUT2D eigenvalue weighted by Gasteiger charge is -2.39. The van der Waals surface area contributed by atoms with Crippen LogP contribution in [0, 0.1) is 11.8 Å². The Kier molecular flexibility index (Phi) is 7.06. The normalized spacial score (nSPS) is 30.3. The van der Waals surface area contributed by atoms with Gasteiger partial charge in [-0.25, -0.2) is 0 Å². The molecule has 4 atom stereocenters. The van der Waals surface area contributed by atoms with Gasteiger partial charge in [-0.3, -0.25) is 4.79 Å². The van der Waals surface area contributed by atoms with E-state index in [0.29, 0.717) is 18.6 Å². The Morgan fingerprint density at radius 3 is 2.64 bits per heavy atom. The van der Waals surface area contributed by atoms with Crippen LogP contribution in [0.1, 0.15) is 46.5 Å². The summed E-state index contributed by atoms with van der Waals surface area (Å²) in [4.78, 5) is 12.6. The second-order valence-electron chi connectivity index (χ2n) is 8.45. The second-order valence-corrected chi connectivity index (χ2v) is 13.0. The summed E-state index contributed by atoms with van der Waals surface area (Å²) in [5, 5.41) is 8.48. The van der Waals surface area contributed by atoms with Crippen LogP contribution in [0.2, 0.25) is 18.6 Å². The van der Waals surface area contributed by atoms with Crippen molar-refractivity contribution in [3.63, 3.8) is 0 Å². The van der Waals surface area contributed by atoms with Crippen LogP contribution in [-0.2, 0) is 14.0 Å². The third-order valence-electron chi connectivity index (χ3n) is 5.82. The summed E-state index contributed by atoms with van der Waals surface area (Å²) in [6, 6.07) is 0. The first-order valence-corrected chi connectivity index (χ1v) is 12.6. The van der Waals surface area contributed by atoms with Gasteiger partial charge < -0.3 is 14.3 Å². The van der Waals surface area contributed by atoms with E-state index in [2.05, 4.69) is 46.0 Å². The quantitative estimate of drug-likeness (QED) is 0.406. The number of carbonyl (C=O) groups excluding carboxylic acids is 1. The van der Waals surface area contributed by atoms with Gasteiger partial charge in [0.1, 0.15) is 12.7 Å². The average molecular weight is 368 g/mol. The van der Waals surface area contributed by atoms with Gasteiger partial charge in [0.05, 0.1) is 5.92 Å². The highest BCUT2D eigenvalue weighted by Crippen LogP contribution is 2.35. The third kappa shape index (κ3) is 5.53. The standard InChI is InChI=1S/C20H34O4Si/c1-14(2)25(4,5)24-18-12-17(11-15(3)19(18)21)20(22)23-13-16-9-7-6-8-10-16/h7,9-10,14-15,17-19,21H,6,8,11-13H2,1-5H3/p+1. The summed E-state index contributed by atoms with van der Waals surface area (Å²) in [6.07, 6.45) is 9.34. The van der Waals surface area contributed by atoms with E-state index in [0.717, 1.165) is 24.8 Å². The molecule has 2 N–H and O–H groups in total. The first kappa shape index (κ1) is 20.4. The van der Waals surface area contributed by atoms with Crippen molar-refractivity contribution in [2.24, 2.45) is 11.8 Å². The van der Waals surface area contributed by atoms with Crippen LogP contribution in [-0.4, -0.2) is 38.2 Å². The fourth-order valence-corrected chi connectivity index (χ4v) is 4.67. The highest BCUT2D eigenvalue weighted by atomic mass is 28.4. The van der Waals surface area contributed by atoms with Gasteiger partial charge in [0.2, 0.25) is 0 Å². The minimum absolute atomic E-state index is 0.128. The van der Waals surface area contributed by atoms with Crippen molar-refractivity contribution in [3.8, 4) is 0 Å². The number of allylic oxidation sites excluding steroid dienone is 2. The van der Waals surface area contributed by atoms with E-state index in [-0.39, 0.29) is 30.0 Å². The van der Waals surface area contributed by atoms with Crippen molar-refractivity contribution < 1.29 is 19.1 Å². The molecule has 0 aromatic heterocycles. The van der Waals surface area contributed by atoms with E-state index in [4.69, 9.17) is 14.3 Å². The molecule has 1 fully saturated rings. The fourth-order valence-electron chi connectivity index (χ4n) is 3.37. The number of ether oxygens (including phenoxy) is 1. The Morgan fingerprint density at radius 2 is 2.04 bits per heavy atom. The Morgan fingerprint density at radius 1 is 1.32 bits per heavy atom. The lowest BCUT2D eigenvalue weighted by Crippen LogP contribution is -2.49. The van der Waals surface area contributed by atoms with Gasteiger partial charge >= 0.3 is 5.97 Å². The molecule has 0 aromatic rings. The third-order valence-corrected chi connectivity index (χ3v) is 9.51. The number of rotatable bonds is 6. The van der Waals surface area contributed by atoms with Crippen molar-refractivity contribution in [2.75, 3.05) is 6.61 Å². The lowest BCUT2D eigenvalue weighted by molar-refractivity contribution is -0.153. The molecular formula is C20H35O4Si+. The predicted molar refractivity (Wildman–Crippen MR) is 104 cm³/mol. The summed E-state index contributed by atoms with van der Waals surface area (Å²) in [5.74, 6) is -0.120. The molecule has 4 nitrogen and oxygen atoms in total. The molecule has 0 amide bonds. The van der Waals surface area contributed by atoms with Crippen LogP contribution in [0.15, 0.2) is 23.8 Å². The highest BCUT2D eigenvalue weighted by molar-refractivity contribution is 6.72. The molecule has 4 unspecified atom stereocenters. The molecule has 142 valence electrons. The molecule has 1 saturated carbocycles. The predicted octanol–water partition coefficient (Wildman–Crippen LogP) is 3.95. The number of hydrogen-bond acceptors (Lipinski definition) is 3. The van der Waals surface area contributed by atoms with E-state index < -0.39 is 8.32 Å². The van der Waals surface area contributed by atoms with Crippen LogP contribution in [0.5, 0.6) is 0 Å². The Labute approximate surface area is 153 Å². The Hall–Kier alpha value is -0.913. The molecule has 0 heterocycles. The molecule has 0 spiro atoms. The van der Waals surface area contributed by atoms with E-state index in [1.165, 1.54) is 0 Å². The van der Waals surface area contributed by atoms with E-state index in [1.807, 2.05) is 6.08 Å². The smallest absolute Gasteiger partial charge is 0.309 e. The molecule has 0 aromatic carbocycles. The summed E-state index contributed by atoms with van der Waals surface area (Å²) < 4.78 is 12.0. The molecule has 2 aliphatic rings. The summed E-state index contributed by atoms with van der Waals surface area (Å²) in [7, 11) is -1.84. The molecule has 0 bridgehead atoms. The molecule has 5 heteroatoms. The van der Waals surface area contributed by atoms with Crippen molar-refractivity contribution in [1.82, 2.24) is 0 Å². The summed E-state index contributed by atoms with van der Waals surface area (Å²) >= 11 is 0. The maximum Gasteiger partial charge on any atom is 0.309 e. The molecule has 0 aliphatic heterocycles. The molecule has 2 aliphatic carbocycles. The number of esters is 1.